The number of aliphatic hydroxyl groups excluding tert-OH is 1. The van der Waals surface area contributed by atoms with Gasteiger partial charge >= 0.3 is 0 Å². The topological polar surface area (TPSA) is 69.6 Å². The second-order valence-electron chi connectivity index (χ2n) is 7.67. The quantitative estimate of drug-likeness (QED) is 0.875. The molecule has 1 aromatic carbocycles. The number of amides is 1. The van der Waals surface area contributed by atoms with Crippen molar-refractivity contribution in [3.8, 4) is 11.3 Å². The lowest BCUT2D eigenvalue weighted by Gasteiger charge is -2.38. The molecule has 1 aliphatic heterocycles. The Balaban J connectivity index is 1.91. The molecule has 27 heavy (non-hydrogen) atoms. The molecule has 3 rings (SSSR count). The number of aryl methyl sites for hydroxylation is 1. The molecule has 0 bridgehead atoms. The van der Waals surface area contributed by atoms with Crippen LogP contribution in [0.25, 0.3) is 11.3 Å². The maximum absolute atomic E-state index is 13.3. The molecular weight excluding hydrogens is 340 g/mol. The third kappa shape index (κ3) is 4.70. The van der Waals surface area contributed by atoms with Gasteiger partial charge in [-0.2, -0.15) is 0 Å². The number of carbonyl (C=O) groups is 1. The fourth-order valence-corrected chi connectivity index (χ4v) is 3.88. The summed E-state index contributed by atoms with van der Waals surface area (Å²) in [7, 11) is 4.08. The van der Waals surface area contributed by atoms with E-state index >= 15 is 0 Å². The second kappa shape index (κ2) is 8.59. The van der Waals surface area contributed by atoms with Crippen LogP contribution in [0.15, 0.2) is 36.5 Å². The highest BCUT2D eigenvalue weighted by Gasteiger charge is 2.31. The zero-order chi connectivity index (χ0) is 19.4. The van der Waals surface area contributed by atoms with E-state index in [-0.39, 0.29) is 18.4 Å². The zero-order valence-electron chi connectivity index (χ0n) is 16.3. The summed E-state index contributed by atoms with van der Waals surface area (Å²) in [6.45, 7) is 4.09. The molecule has 0 unspecified atom stereocenters. The van der Waals surface area contributed by atoms with Crippen LogP contribution in [-0.2, 0) is 0 Å². The van der Waals surface area contributed by atoms with E-state index in [2.05, 4.69) is 14.9 Å². The van der Waals surface area contributed by atoms with Crippen molar-refractivity contribution in [2.24, 2.45) is 11.8 Å². The van der Waals surface area contributed by atoms with Crippen LogP contribution in [0.5, 0.6) is 0 Å². The zero-order valence-corrected chi connectivity index (χ0v) is 16.3. The van der Waals surface area contributed by atoms with Gasteiger partial charge < -0.3 is 14.9 Å². The average Bonchev–Trinajstić information content (AvgIpc) is 2.67. The van der Waals surface area contributed by atoms with E-state index in [1.54, 1.807) is 6.20 Å². The van der Waals surface area contributed by atoms with Gasteiger partial charge in [-0.25, -0.2) is 9.97 Å². The van der Waals surface area contributed by atoms with Gasteiger partial charge in [-0.15, -0.1) is 0 Å². The molecule has 1 aromatic heterocycles. The van der Waals surface area contributed by atoms with Crippen molar-refractivity contribution in [3.05, 3.63) is 47.9 Å². The van der Waals surface area contributed by atoms with Crippen LogP contribution in [0, 0.1) is 18.8 Å². The SMILES string of the molecule is Cc1ncc(C(=O)N2C[C@@H](CN(C)C)C[C@H](CO)C2)c(-c2ccccc2)n1. The molecular formula is C21H28N4O2. The van der Waals surface area contributed by atoms with E-state index in [0.29, 0.717) is 36.1 Å². The fourth-order valence-electron chi connectivity index (χ4n) is 3.88. The van der Waals surface area contributed by atoms with Gasteiger partial charge in [0.25, 0.3) is 5.91 Å². The van der Waals surface area contributed by atoms with E-state index in [1.807, 2.05) is 56.3 Å². The molecule has 144 valence electrons. The Labute approximate surface area is 160 Å². The highest BCUT2D eigenvalue weighted by Crippen LogP contribution is 2.27. The third-order valence-electron chi connectivity index (χ3n) is 4.98. The van der Waals surface area contributed by atoms with Crippen molar-refractivity contribution < 1.29 is 9.90 Å². The number of carbonyl (C=O) groups excluding carboxylic acids is 1. The summed E-state index contributed by atoms with van der Waals surface area (Å²) >= 11 is 0. The fraction of sp³-hybridized carbons (Fsp3) is 0.476. The van der Waals surface area contributed by atoms with Crippen molar-refractivity contribution in [1.29, 1.82) is 0 Å². The number of aliphatic hydroxyl groups is 1. The monoisotopic (exact) mass is 368 g/mol. The minimum absolute atomic E-state index is 0.0595. The predicted molar refractivity (Wildman–Crippen MR) is 105 cm³/mol. The van der Waals surface area contributed by atoms with Crippen LogP contribution in [0.2, 0.25) is 0 Å². The van der Waals surface area contributed by atoms with E-state index in [0.717, 1.165) is 18.5 Å². The van der Waals surface area contributed by atoms with Crippen molar-refractivity contribution in [1.82, 2.24) is 19.8 Å². The average molecular weight is 368 g/mol. The van der Waals surface area contributed by atoms with Crippen LogP contribution in [0.3, 0.4) is 0 Å². The molecule has 2 atom stereocenters. The van der Waals surface area contributed by atoms with Crippen molar-refractivity contribution in [2.45, 2.75) is 13.3 Å². The van der Waals surface area contributed by atoms with Gasteiger partial charge in [-0.3, -0.25) is 4.79 Å². The molecule has 1 amide bonds. The number of hydrogen-bond donors (Lipinski definition) is 1. The Kier molecular flexibility index (Phi) is 6.19. The lowest BCUT2D eigenvalue weighted by atomic mass is 9.88. The molecule has 6 heteroatoms. The highest BCUT2D eigenvalue weighted by molar-refractivity contribution is 5.99. The van der Waals surface area contributed by atoms with Crippen molar-refractivity contribution in [2.75, 3.05) is 40.3 Å². The highest BCUT2D eigenvalue weighted by atomic mass is 16.3. The number of aromatic nitrogens is 2. The number of piperidine rings is 1. The molecule has 2 heterocycles. The van der Waals surface area contributed by atoms with Gasteiger partial charge in [0.15, 0.2) is 0 Å². The summed E-state index contributed by atoms with van der Waals surface area (Å²) < 4.78 is 0. The van der Waals surface area contributed by atoms with Gasteiger partial charge in [-0.1, -0.05) is 30.3 Å². The maximum Gasteiger partial charge on any atom is 0.257 e. The smallest absolute Gasteiger partial charge is 0.257 e. The summed E-state index contributed by atoms with van der Waals surface area (Å²) in [4.78, 5) is 26.2. The minimum Gasteiger partial charge on any atom is -0.396 e. The summed E-state index contributed by atoms with van der Waals surface area (Å²) in [5.41, 5.74) is 2.10. The molecule has 0 spiro atoms. The summed E-state index contributed by atoms with van der Waals surface area (Å²) in [6, 6.07) is 9.75. The number of rotatable bonds is 5. The Hall–Kier alpha value is -2.31. The molecule has 0 saturated carbocycles. The molecule has 0 radical (unpaired) electrons. The van der Waals surface area contributed by atoms with E-state index in [9.17, 15) is 9.90 Å². The first-order valence-electron chi connectivity index (χ1n) is 9.41. The number of hydrogen-bond acceptors (Lipinski definition) is 5. The Bertz CT molecular complexity index is 779. The first kappa shape index (κ1) is 19.5. The summed E-state index contributed by atoms with van der Waals surface area (Å²) in [6.07, 6.45) is 2.57. The Morgan fingerprint density at radius 2 is 1.93 bits per heavy atom. The van der Waals surface area contributed by atoms with Crippen molar-refractivity contribution >= 4 is 5.91 Å². The van der Waals surface area contributed by atoms with Crippen LogP contribution in [0.1, 0.15) is 22.6 Å². The first-order valence-corrected chi connectivity index (χ1v) is 9.41. The molecule has 1 saturated heterocycles. The second-order valence-corrected chi connectivity index (χ2v) is 7.67. The van der Waals surface area contributed by atoms with Gasteiger partial charge in [0, 0.05) is 38.0 Å². The standard InChI is InChI=1S/C21H28N4O2/c1-15-22-10-19(20(23-15)18-7-5-4-6-8-18)21(27)25-12-16(11-24(2)3)9-17(13-25)14-26/h4-8,10,16-17,26H,9,11-14H2,1-3H3/t16-,17+/m1/s1. The van der Waals surface area contributed by atoms with E-state index in [4.69, 9.17) is 0 Å². The number of likely N-dealkylation sites (tertiary alicyclic amines) is 1. The molecule has 0 aliphatic carbocycles. The molecule has 6 nitrogen and oxygen atoms in total. The predicted octanol–water partition coefficient (Wildman–Crippen LogP) is 2.08. The van der Waals surface area contributed by atoms with Gasteiger partial charge in [0.2, 0.25) is 0 Å². The van der Waals surface area contributed by atoms with Crippen LogP contribution in [-0.4, -0.2) is 71.1 Å². The van der Waals surface area contributed by atoms with Gasteiger partial charge in [0.1, 0.15) is 5.82 Å². The number of nitrogens with zero attached hydrogens (tertiary/aromatic N) is 4. The molecule has 1 N–H and O–H groups in total. The van der Waals surface area contributed by atoms with E-state index in [1.165, 1.54) is 0 Å². The number of benzene rings is 1. The van der Waals surface area contributed by atoms with Gasteiger partial charge in [-0.05, 0) is 39.3 Å². The van der Waals surface area contributed by atoms with Crippen LogP contribution >= 0.6 is 0 Å². The summed E-state index contributed by atoms with van der Waals surface area (Å²) in [5, 5.41) is 9.71. The lowest BCUT2D eigenvalue weighted by molar-refractivity contribution is 0.0477. The van der Waals surface area contributed by atoms with E-state index < -0.39 is 0 Å². The minimum atomic E-state index is -0.0595. The van der Waals surface area contributed by atoms with Crippen molar-refractivity contribution in [3.63, 3.8) is 0 Å². The molecule has 1 aliphatic rings. The first-order chi connectivity index (χ1) is 13.0. The molecule has 1 fully saturated rings. The lowest BCUT2D eigenvalue weighted by Crippen LogP contribution is -2.47. The maximum atomic E-state index is 13.3. The molecule has 2 aromatic rings. The summed E-state index contributed by atoms with van der Waals surface area (Å²) in [5.74, 6) is 1.04. The third-order valence-corrected chi connectivity index (χ3v) is 4.98. The normalized spacial score (nSPS) is 20.1. The Morgan fingerprint density at radius 3 is 2.59 bits per heavy atom. The van der Waals surface area contributed by atoms with Gasteiger partial charge in [0.05, 0.1) is 11.3 Å². The van der Waals surface area contributed by atoms with Crippen LogP contribution < -0.4 is 0 Å². The Morgan fingerprint density at radius 1 is 1.22 bits per heavy atom. The largest absolute Gasteiger partial charge is 0.396 e. The van der Waals surface area contributed by atoms with Crippen LogP contribution in [0.4, 0.5) is 0 Å².